The van der Waals surface area contributed by atoms with Crippen LogP contribution in [0, 0.1) is 20.8 Å². The maximum Gasteiger partial charge on any atom is 0.264 e. The minimum atomic E-state index is -4.08. The first-order chi connectivity index (χ1) is 17.4. The Kier molecular flexibility index (Phi) is 9.15. The molecule has 0 heterocycles. The first-order valence-electron chi connectivity index (χ1n) is 11.9. The smallest absolute Gasteiger partial charge is 0.264 e. The van der Waals surface area contributed by atoms with Gasteiger partial charge in [-0.15, -0.1) is 0 Å². The second-order valence-electron chi connectivity index (χ2n) is 9.04. The molecule has 0 aromatic heterocycles. The summed E-state index contributed by atoms with van der Waals surface area (Å²) < 4.78 is 29.6. The highest BCUT2D eigenvalue weighted by Gasteiger charge is 2.32. The summed E-state index contributed by atoms with van der Waals surface area (Å²) in [6, 6.07) is 18.4. The fourth-order valence-electron chi connectivity index (χ4n) is 3.87. The van der Waals surface area contributed by atoms with Crippen molar-refractivity contribution in [2.75, 3.05) is 17.9 Å². The largest absolute Gasteiger partial charge is 0.357 e. The first-order valence-corrected chi connectivity index (χ1v) is 14.1. The number of anilines is 1. The normalized spacial score (nSPS) is 12.1. The van der Waals surface area contributed by atoms with Crippen molar-refractivity contribution in [1.29, 1.82) is 0 Å². The van der Waals surface area contributed by atoms with Gasteiger partial charge in [-0.1, -0.05) is 51.8 Å². The van der Waals surface area contributed by atoms with Crippen LogP contribution in [0.15, 0.2) is 76.1 Å². The fourth-order valence-corrected chi connectivity index (χ4v) is 5.72. The van der Waals surface area contributed by atoms with E-state index in [-0.39, 0.29) is 17.3 Å². The van der Waals surface area contributed by atoms with E-state index < -0.39 is 28.5 Å². The number of rotatable bonds is 9. The highest BCUT2D eigenvalue weighted by atomic mass is 79.9. The average Bonchev–Trinajstić information content (AvgIpc) is 2.86. The Bertz CT molecular complexity index is 1390. The first kappa shape index (κ1) is 28.4. The van der Waals surface area contributed by atoms with Crippen LogP contribution < -0.4 is 9.62 Å². The van der Waals surface area contributed by atoms with Gasteiger partial charge < -0.3 is 10.2 Å². The molecule has 9 heteroatoms. The van der Waals surface area contributed by atoms with Gasteiger partial charge in [-0.2, -0.15) is 0 Å². The quantitative estimate of drug-likeness (QED) is 0.393. The highest BCUT2D eigenvalue weighted by Crippen LogP contribution is 2.27. The van der Waals surface area contributed by atoms with Crippen molar-refractivity contribution in [3.05, 3.63) is 93.5 Å². The maximum absolute atomic E-state index is 13.8. The Balaban J connectivity index is 2.06. The third kappa shape index (κ3) is 6.78. The molecule has 0 aliphatic carbocycles. The number of benzene rings is 3. The number of likely N-dealkylation sites (N-methyl/N-ethyl adjacent to an activating group) is 1. The lowest BCUT2D eigenvalue weighted by molar-refractivity contribution is -0.139. The molecule has 0 fully saturated rings. The summed E-state index contributed by atoms with van der Waals surface area (Å²) in [6.45, 7) is 7.01. The van der Waals surface area contributed by atoms with Crippen LogP contribution in [0.2, 0.25) is 0 Å². The Morgan fingerprint density at radius 2 is 1.62 bits per heavy atom. The van der Waals surface area contributed by atoms with Gasteiger partial charge in [-0.05, 0) is 80.8 Å². The highest BCUT2D eigenvalue weighted by molar-refractivity contribution is 9.10. The van der Waals surface area contributed by atoms with Crippen molar-refractivity contribution in [3.63, 3.8) is 0 Å². The molecule has 0 unspecified atom stereocenters. The van der Waals surface area contributed by atoms with Gasteiger partial charge in [0.15, 0.2) is 0 Å². The fraction of sp³-hybridized carbons (Fsp3) is 0.286. The third-order valence-electron chi connectivity index (χ3n) is 6.32. The van der Waals surface area contributed by atoms with E-state index in [1.807, 2.05) is 51.1 Å². The number of nitrogens with zero attached hydrogens (tertiary/aromatic N) is 2. The van der Waals surface area contributed by atoms with Crippen LogP contribution in [0.5, 0.6) is 0 Å². The van der Waals surface area contributed by atoms with Crippen LogP contribution in [-0.4, -0.2) is 44.8 Å². The van der Waals surface area contributed by atoms with E-state index in [1.54, 1.807) is 31.2 Å². The van der Waals surface area contributed by atoms with E-state index in [0.717, 1.165) is 31.0 Å². The lowest BCUT2D eigenvalue weighted by Crippen LogP contribution is -2.50. The number of aryl methyl sites for hydroxylation is 3. The van der Waals surface area contributed by atoms with E-state index in [0.29, 0.717) is 5.69 Å². The molecule has 0 saturated carbocycles. The van der Waals surface area contributed by atoms with Gasteiger partial charge in [-0.3, -0.25) is 13.9 Å². The van der Waals surface area contributed by atoms with Crippen LogP contribution in [0.25, 0.3) is 0 Å². The zero-order valence-electron chi connectivity index (χ0n) is 21.7. The van der Waals surface area contributed by atoms with E-state index in [1.165, 1.54) is 24.1 Å². The topological polar surface area (TPSA) is 86.8 Å². The number of sulfonamides is 1. The lowest BCUT2D eigenvalue weighted by atomic mass is 10.1. The molecule has 3 aromatic carbocycles. The van der Waals surface area contributed by atoms with Crippen molar-refractivity contribution >= 4 is 43.5 Å². The van der Waals surface area contributed by atoms with Gasteiger partial charge >= 0.3 is 0 Å². The Labute approximate surface area is 227 Å². The monoisotopic (exact) mass is 585 g/mol. The zero-order chi connectivity index (χ0) is 27.3. The van der Waals surface area contributed by atoms with E-state index in [4.69, 9.17) is 0 Å². The molecule has 7 nitrogen and oxygen atoms in total. The standard InChI is InChI=1S/C28H32BrN3O4S/c1-19-9-13-26(14-10-19)37(35,36)32(25-12-11-20(2)21(3)15-25)18-27(33)31(22(4)28(34)30-5)17-23-7-6-8-24(29)16-23/h6-16,22H,17-18H2,1-5H3,(H,30,34)/t22-/m0/s1. The van der Waals surface area contributed by atoms with Crippen molar-refractivity contribution in [3.8, 4) is 0 Å². The summed E-state index contributed by atoms with van der Waals surface area (Å²) in [6.07, 6.45) is 0. The third-order valence-corrected chi connectivity index (χ3v) is 8.60. The van der Waals surface area contributed by atoms with E-state index >= 15 is 0 Å². The second kappa shape index (κ2) is 11.9. The van der Waals surface area contributed by atoms with Gasteiger partial charge in [0.1, 0.15) is 12.6 Å². The number of amides is 2. The molecule has 196 valence electrons. The van der Waals surface area contributed by atoms with Crippen LogP contribution in [-0.2, 0) is 26.2 Å². The zero-order valence-corrected chi connectivity index (χ0v) is 24.1. The molecule has 0 radical (unpaired) electrons. The molecule has 0 aliphatic rings. The minimum Gasteiger partial charge on any atom is -0.357 e. The number of halogens is 1. The van der Waals surface area contributed by atoms with Crippen molar-refractivity contribution in [1.82, 2.24) is 10.2 Å². The molecule has 1 N–H and O–H groups in total. The van der Waals surface area contributed by atoms with Crippen LogP contribution in [0.3, 0.4) is 0 Å². The van der Waals surface area contributed by atoms with Gasteiger partial charge in [0.2, 0.25) is 11.8 Å². The van der Waals surface area contributed by atoms with Gasteiger partial charge in [0, 0.05) is 18.1 Å². The summed E-state index contributed by atoms with van der Waals surface area (Å²) in [5, 5.41) is 2.58. The number of carbonyl (C=O) groups excluding carboxylic acids is 2. The number of hydrogen-bond acceptors (Lipinski definition) is 4. The summed E-state index contributed by atoms with van der Waals surface area (Å²) in [5.41, 5.74) is 4.02. The summed E-state index contributed by atoms with van der Waals surface area (Å²) >= 11 is 3.44. The molecule has 37 heavy (non-hydrogen) atoms. The molecule has 0 spiro atoms. The second-order valence-corrected chi connectivity index (χ2v) is 11.8. The predicted molar refractivity (Wildman–Crippen MR) is 150 cm³/mol. The molecular formula is C28H32BrN3O4S. The van der Waals surface area contributed by atoms with Crippen molar-refractivity contribution < 1.29 is 18.0 Å². The Morgan fingerprint density at radius 3 is 2.22 bits per heavy atom. The summed E-state index contributed by atoms with van der Waals surface area (Å²) in [7, 11) is -2.58. The predicted octanol–water partition coefficient (Wildman–Crippen LogP) is 4.73. The van der Waals surface area contributed by atoms with Crippen molar-refractivity contribution in [2.45, 2.75) is 45.2 Å². The summed E-state index contributed by atoms with van der Waals surface area (Å²) in [4.78, 5) is 27.8. The Morgan fingerprint density at radius 1 is 0.946 bits per heavy atom. The minimum absolute atomic E-state index is 0.0852. The molecule has 0 bridgehead atoms. The van der Waals surface area contributed by atoms with Gasteiger partial charge in [0.05, 0.1) is 10.6 Å². The molecule has 2 amide bonds. The SMILES string of the molecule is CNC(=O)[C@H](C)N(Cc1cccc(Br)c1)C(=O)CN(c1ccc(C)c(C)c1)S(=O)(=O)c1ccc(C)cc1. The van der Waals surface area contributed by atoms with Crippen LogP contribution in [0.4, 0.5) is 5.69 Å². The number of hydrogen-bond donors (Lipinski definition) is 1. The lowest BCUT2D eigenvalue weighted by Gasteiger charge is -2.32. The summed E-state index contributed by atoms with van der Waals surface area (Å²) in [5.74, 6) is -0.840. The number of carbonyl (C=O) groups is 2. The van der Waals surface area contributed by atoms with Crippen LogP contribution >= 0.6 is 15.9 Å². The number of nitrogens with one attached hydrogen (secondary N) is 1. The average molecular weight is 587 g/mol. The van der Waals surface area contributed by atoms with Gasteiger partial charge in [-0.25, -0.2) is 8.42 Å². The van der Waals surface area contributed by atoms with Crippen molar-refractivity contribution in [2.24, 2.45) is 0 Å². The molecule has 3 aromatic rings. The molecular weight excluding hydrogens is 554 g/mol. The Hall–Kier alpha value is -3.17. The van der Waals surface area contributed by atoms with E-state index in [2.05, 4.69) is 21.2 Å². The van der Waals surface area contributed by atoms with E-state index in [9.17, 15) is 18.0 Å². The molecule has 1 atom stereocenters. The molecule has 3 rings (SSSR count). The van der Waals surface area contributed by atoms with Crippen LogP contribution in [0.1, 0.15) is 29.2 Å². The molecule has 0 aliphatic heterocycles. The maximum atomic E-state index is 13.8. The molecule has 0 saturated heterocycles. The van der Waals surface area contributed by atoms with Gasteiger partial charge in [0.25, 0.3) is 10.0 Å².